The van der Waals surface area contributed by atoms with Crippen LogP contribution in [0.15, 0.2) is 96.8 Å². The largest absolute Gasteiger partial charge is 0.426 e. The zero-order valence-electron chi connectivity index (χ0n) is 32.3. The van der Waals surface area contributed by atoms with Gasteiger partial charge < -0.3 is 13.7 Å². The summed E-state index contributed by atoms with van der Waals surface area (Å²) in [5.41, 5.74) is 7.18. The van der Waals surface area contributed by atoms with Crippen LogP contribution < -0.4 is 16.2 Å². The summed E-state index contributed by atoms with van der Waals surface area (Å²) >= 11 is 3.06. The highest BCUT2D eigenvalue weighted by Gasteiger charge is 2.54. The predicted molar refractivity (Wildman–Crippen MR) is 229 cm³/mol. The van der Waals surface area contributed by atoms with Gasteiger partial charge in [-0.25, -0.2) is 19.6 Å². The molecule has 0 saturated carbocycles. The zero-order valence-corrected chi connectivity index (χ0v) is 34.0. The first kappa shape index (κ1) is 35.5. The molecule has 3 aromatic carbocycles. The second-order valence-corrected chi connectivity index (χ2v) is 18.8. The summed E-state index contributed by atoms with van der Waals surface area (Å²) in [6.45, 7) is 15.1. The fourth-order valence-electron chi connectivity index (χ4n) is 9.67. The van der Waals surface area contributed by atoms with E-state index in [1.807, 2.05) is 48.5 Å². The van der Waals surface area contributed by atoms with Crippen LogP contribution in [0.4, 0.5) is 5.69 Å². The van der Waals surface area contributed by atoms with Gasteiger partial charge in [-0.05, 0) is 117 Å². The third-order valence-corrected chi connectivity index (χ3v) is 14.9. The molecule has 284 valence electrons. The Labute approximate surface area is 333 Å². The van der Waals surface area contributed by atoms with Crippen LogP contribution in [0.3, 0.4) is 0 Å². The molecule has 56 heavy (non-hydrogen) atoms. The monoisotopic (exact) mass is 780 g/mol. The molecule has 1 aliphatic carbocycles. The Morgan fingerprint density at radius 3 is 2.30 bits per heavy atom. The van der Waals surface area contributed by atoms with E-state index >= 15 is 0 Å². The van der Waals surface area contributed by atoms with Gasteiger partial charge in [0.25, 0.3) is 0 Å². The number of piperidine rings is 2. The maximum Gasteiger partial charge on any atom is 0.346 e. The number of aromatic nitrogens is 2. The van der Waals surface area contributed by atoms with Crippen molar-refractivity contribution in [3.8, 4) is 21.1 Å². The summed E-state index contributed by atoms with van der Waals surface area (Å²) in [5.74, 6) is 0.871. The molecule has 0 bridgehead atoms. The molecule has 10 rings (SSSR count). The maximum atomic E-state index is 13.7. The van der Waals surface area contributed by atoms with Gasteiger partial charge in [-0.2, -0.15) is 0 Å². The van der Waals surface area contributed by atoms with Gasteiger partial charge in [0.05, 0.1) is 31.6 Å². The summed E-state index contributed by atoms with van der Waals surface area (Å²) in [7, 11) is 0. The fourth-order valence-corrected chi connectivity index (χ4v) is 11.6. The molecule has 7 aromatic rings. The smallest absolute Gasteiger partial charge is 0.346 e. The molecule has 2 aliphatic heterocycles. The average molecular weight is 781 g/mol. The molecule has 0 N–H and O–H groups in total. The predicted octanol–water partition coefficient (Wildman–Crippen LogP) is 10.4. The lowest BCUT2D eigenvalue weighted by atomic mass is 9.57. The van der Waals surface area contributed by atoms with Crippen LogP contribution in [-0.4, -0.2) is 47.1 Å². The van der Waals surface area contributed by atoms with Crippen LogP contribution in [0, 0.1) is 10.8 Å². The van der Waals surface area contributed by atoms with Gasteiger partial charge in [-0.1, -0.05) is 45.0 Å². The number of thiazole rings is 2. The third-order valence-electron chi connectivity index (χ3n) is 12.8. The number of nitrogens with zero attached hydrogens (tertiary/aromatic N) is 4. The first-order chi connectivity index (χ1) is 27.0. The molecule has 0 amide bonds. The summed E-state index contributed by atoms with van der Waals surface area (Å²) in [4.78, 5) is 41.8. The minimum atomic E-state index is -0.371. The van der Waals surface area contributed by atoms with Crippen molar-refractivity contribution in [1.29, 1.82) is 0 Å². The van der Waals surface area contributed by atoms with Gasteiger partial charge in [-0.15, -0.1) is 22.7 Å². The van der Waals surface area contributed by atoms with Crippen molar-refractivity contribution in [2.24, 2.45) is 10.8 Å². The quantitative estimate of drug-likeness (QED) is 0.148. The minimum absolute atomic E-state index is 0.0555. The number of benzene rings is 3. The summed E-state index contributed by atoms with van der Waals surface area (Å²) in [6.07, 6.45) is 5.25. The van der Waals surface area contributed by atoms with E-state index in [0.717, 1.165) is 88.3 Å². The molecule has 3 atom stereocenters. The van der Waals surface area contributed by atoms with Gasteiger partial charge in [0, 0.05) is 47.8 Å². The standard InChI is InChI=1S/C46H44N4O4S2/c1-6-49(7-2)29-14-13-27-21-30(43(51)53-35(27)24-29)42-48-34-20-26(12-15-37(34)56-42)25-46(5)17-19-50-18-16-45(3,4)38-39(50)32(46)23-28-22-31(44(52)54-40(28)38)41-47-33-10-8-9-11-36(33)55-41/h8-15,20-24,38-39H,6-7,16-19,25H2,1-5H3. The Morgan fingerprint density at radius 2 is 1.52 bits per heavy atom. The van der Waals surface area contributed by atoms with E-state index in [1.54, 1.807) is 0 Å². The van der Waals surface area contributed by atoms with Crippen molar-refractivity contribution in [3.05, 3.63) is 116 Å². The Hall–Kier alpha value is -4.90. The molecule has 0 radical (unpaired) electrons. The Bertz CT molecular complexity index is 2830. The van der Waals surface area contributed by atoms with Crippen molar-refractivity contribution in [2.75, 3.05) is 31.1 Å². The highest BCUT2D eigenvalue weighted by molar-refractivity contribution is 7.22. The van der Waals surface area contributed by atoms with Crippen LogP contribution in [0.25, 0.3) is 58.6 Å². The van der Waals surface area contributed by atoms with Crippen LogP contribution in [-0.2, 0) is 6.42 Å². The van der Waals surface area contributed by atoms with E-state index in [2.05, 4.69) is 74.8 Å². The summed E-state index contributed by atoms with van der Waals surface area (Å²) in [6, 6.07) is 24.8. The van der Waals surface area contributed by atoms with E-state index in [9.17, 15) is 9.59 Å². The lowest BCUT2D eigenvalue weighted by Gasteiger charge is -2.58. The van der Waals surface area contributed by atoms with Gasteiger partial charge in [0.1, 0.15) is 21.4 Å². The van der Waals surface area contributed by atoms with Crippen LogP contribution in [0.2, 0.25) is 0 Å². The number of hydrogen-bond donors (Lipinski definition) is 0. The molecule has 0 spiro atoms. The van der Waals surface area contributed by atoms with Crippen molar-refractivity contribution in [1.82, 2.24) is 14.9 Å². The SMILES string of the molecule is CCN(CC)c1ccc2cc(-c3nc4cc(CC5(C)CCN6CCC(C)(C)C7c8oc(=O)c(-c9nc%10ccccc%10s9)cc8C=C5C76)ccc4s3)c(=O)oc2c1. The average Bonchev–Trinajstić information content (AvgIpc) is 3.81. The van der Waals surface area contributed by atoms with E-state index in [-0.39, 0.29) is 34.0 Å². The van der Waals surface area contributed by atoms with Crippen molar-refractivity contribution in [2.45, 2.75) is 65.8 Å². The zero-order chi connectivity index (χ0) is 38.5. The van der Waals surface area contributed by atoms with Crippen molar-refractivity contribution < 1.29 is 8.83 Å². The Morgan fingerprint density at radius 1 is 0.804 bits per heavy atom. The van der Waals surface area contributed by atoms with Crippen LogP contribution in [0.1, 0.15) is 70.3 Å². The highest BCUT2D eigenvalue weighted by atomic mass is 32.1. The van der Waals surface area contributed by atoms with Crippen molar-refractivity contribution in [3.63, 3.8) is 0 Å². The normalized spacial score (nSPS) is 21.6. The molecule has 6 heterocycles. The molecule has 2 saturated heterocycles. The molecule has 3 aliphatic rings. The first-order valence-corrected chi connectivity index (χ1v) is 21.4. The molecular weight excluding hydrogens is 737 g/mol. The van der Waals surface area contributed by atoms with Gasteiger partial charge in [-0.3, -0.25) is 4.90 Å². The number of para-hydroxylation sites is 1. The Kier molecular flexibility index (Phi) is 8.29. The molecule has 10 heteroatoms. The maximum absolute atomic E-state index is 13.7. The van der Waals surface area contributed by atoms with E-state index in [1.165, 1.54) is 33.8 Å². The van der Waals surface area contributed by atoms with Gasteiger partial charge in [0.15, 0.2) is 0 Å². The molecule has 3 unspecified atom stereocenters. The van der Waals surface area contributed by atoms with Gasteiger partial charge in [0.2, 0.25) is 0 Å². The molecule has 8 nitrogen and oxygen atoms in total. The molecule has 4 aromatic heterocycles. The van der Waals surface area contributed by atoms with Crippen molar-refractivity contribution >= 4 is 65.8 Å². The van der Waals surface area contributed by atoms with Gasteiger partial charge >= 0.3 is 11.3 Å². The highest BCUT2D eigenvalue weighted by Crippen LogP contribution is 2.58. The minimum Gasteiger partial charge on any atom is -0.426 e. The van der Waals surface area contributed by atoms with E-state index in [4.69, 9.17) is 18.8 Å². The summed E-state index contributed by atoms with van der Waals surface area (Å²) in [5, 5.41) is 2.25. The number of rotatable bonds is 7. The van der Waals surface area contributed by atoms with E-state index < -0.39 is 0 Å². The number of hydrogen-bond acceptors (Lipinski definition) is 10. The molecule has 2 fully saturated rings. The second-order valence-electron chi connectivity index (χ2n) is 16.7. The van der Waals surface area contributed by atoms with Crippen LogP contribution >= 0.6 is 22.7 Å². The summed E-state index contributed by atoms with van der Waals surface area (Å²) < 4.78 is 14.4. The molecular formula is C46H44N4O4S2. The first-order valence-electron chi connectivity index (χ1n) is 19.7. The van der Waals surface area contributed by atoms with E-state index in [0.29, 0.717) is 26.7 Å². The lowest BCUT2D eigenvalue weighted by molar-refractivity contribution is 0.00847. The number of anilines is 1. The third kappa shape index (κ3) is 5.71. The van der Waals surface area contributed by atoms with Crippen LogP contribution in [0.5, 0.6) is 0 Å². The Balaban J connectivity index is 1.01. The second kappa shape index (κ2) is 13.1. The lowest BCUT2D eigenvalue weighted by Crippen LogP contribution is -2.59. The topological polar surface area (TPSA) is 92.7 Å². The fraction of sp³-hybridized carbons (Fsp3) is 0.348. The number of fused-ring (bicyclic) bond motifs is 5.